The Balaban J connectivity index is 1.46. The molecule has 11 heteroatoms. The molecule has 2 aromatic carbocycles. The molecular formula is C23H23Br2ClN5O2S+. The summed E-state index contributed by atoms with van der Waals surface area (Å²) in [6, 6.07) is 11.4. The molecular weight excluding hydrogens is 606 g/mol. The fraction of sp³-hybridized carbons (Fsp3) is 0.304. The van der Waals surface area contributed by atoms with Crippen LogP contribution < -0.4 is 9.99 Å². The van der Waals surface area contributed by atoms with Crippen molar-refractivity contribution in [3.63, 3.8) is 0 Å². The van der Waals surface area contributed by atoms with Crippen LogP contribution in [0, 0.1) is 0 Å². The topological polar surface area (TPSA) is 94.3 Å². The second-order valence-electron chi connectivity index (χ2n) is 7.93. The lowest BCUT2D eigenvalue weighted by Crippen LogP contribution is -2.43. The molecule has 178 valence electrons. The van der Waals surface area contributed by atoms with Gasteiger partial charge in [-0.3, -0.25) is 4.79 Å². The first-order valence-electron chi connectivity index (χ1n) is 10.8. The van der Waals surface area contributed by atoms with Crippen LogP contribution in [0.2, 0.25) is 5.02 Å². The molecule has 1 aromatic heterocycles. The van der Waals surface area contributed by atoms with E-state index in [9.17, 15) is 9.90 Å². The highest BCUT2D eigenvalue weighted by molar-refractivity contribution is 9.11. The molecule has 0 saturated heterocycles. The smallest absolute Gasteiger partial charge is 0.337 e. The third-order valence-electron chi connectivity index (χ3n) is 5.54. The number of nitrogens with zero attached hydrogens (tertiary/aromatic N) is 3. The van der Waals surface area contributed by atoms with E-state index in [2.05, 4.69) is 57.2 Å². The number of phenolic OH excluding ortho intramolecular Hbond substituents is 1. The van der Waals surface area contributed by atoms with E-state index in [1.54, 1.807) is 12.1 Å². The van der Waals surface area contributed by atoms with Gasteiger partial charge in [-0.15, -0.1) is 5.10 Å². The fourth-order valence-corrected chi connectivity index (χ4v) is 6.11. The number of aromatic nitrogens is 3. The summed E-state index contributed by atoms with van der Waals surface area (Å²) in [5.74, 6) is 0.861. The van der Waals surface area contributed by atoms with Crippen molar-refractivity contribution in [3.05, 3.63) is 55.9 Å². The molecule has 1 aliphatic carbocycles. The third-order valence-corrected chi connectivity index (χ3v) is 7.81. The first-order valence-corrected chi connectivity index (χ1v) is 13.8. The maximum Gasteiger partial charge on any atom is 0.337 e. The molecule has 0 unspecified atom stereocenters. The number of nitrogens with one attached hydrogen (secondary N) is 2. The zero-order valence-electron chi connectivity index (χ0n) is 18.1. The summed E-state index contributed by atoms with van der Waals surface area (Å²) >= 11 is 14.1. The van der Waals surface area contributed by atoms with Crippen molar-refractivity contribution in [2.45, 2.75) is 43.3 Å². The molecule has 0 bridgehead atoms. The van der Waals surface area contributed by atoms with Gasteiger partial charge in [0.2, 0.25) is 0 Å². The second kappa shape index (κ2) is 11.7. The molecule has 4 rings (SSSR count). The van der Waals surface area contributed by atoms with Crippen molar-refractivity contribution in [2.75, 3.05) is 5.75 Å². The van der Waals surface area contributed by atoms with Crippen LogP contribution in [0.4, 0.5) is 0 Å². The average molecular weight is 629 g/mol. The first-order chi connectivity index (χ1) is 16.4. The molecule has 1 fully saturated rings. The summed E-state index contributed by atoms with van der Waals surface area (Å²) in [4.78, 5) is 12.4. The monoisotopic (exact) mass is 626 g/mol. The zero-order chi connectivity index (χ0) is 24.1. The molecule has 1 heterocycles. The maximum atomic E-state index is 12.4. The molecule has 0 radical (unpaired) electrons. The normalized spacial score (nSPS) is 14.6. The van der Waals surface area contributed by atoms with E-state index in [-0.39, 0.29) is 17.4 Å². The summed E-state index contributed by atoms with van der Waals surface area (Å²) in [5.41, 5.74) is 4.00. The van der Waals surface area contributed by atoms with E-state index in [4.69, 9.17) is 11.6 Å². The van der Waals surface area contributed by atoms with Gasteiger partial charge in [-0.25, -0.2) is 9.99 Å². The van der Waals surface area contributed by atoms with Gasteiger partial charge in [-0.2, -0.15) is 5.10 Å². The minimum Gasteiger partial charge on any atom is -0.506 e. The van der Waals surface area contributed by atoms with Crippen molar-refractivity contribution in [1.82, 2.24) is 15.6 Å². The van der Waals surface area contributed by atoms with E-state index in [0.717, 1.165) is 33.9 Å². The number of hydrogen-bond acceptors (Lipinski definition) is 5. The number of carbonyl (C=O) groups excluding carboxylic acids is 1. The number of H-pyrrole nitrogens is 1. The number of halogens is 3. The lowest BCUT2D eigenvalue weighted by Gasteiger charge is -2.21. The number of amides is 1. The number of hydrazone groups is 1. The van der Waals surface area contributed by atoms with Gasteiger partial charge in [0.25, 0.3) is 11.7 Å². The van der Waals surface area contributed by atoms with Gasteiger partial charge in [-0.1, -0.05) is 34.0 Å². The van der Waals surface area contributed by atoms with Crippen LogP contribution in [-0.4, -0.2) is 33.2 Å². The van der Waals surface area contributed by atoms with Gasteiger partial charge < -0.3 is 5.11 Å². The predicted molar refractivity (Wildman–Crippen MR) is 141 cm³/mol. The fourth-order valence-electron chi connectivity index (χ4n) is 3.92. The molecule has 3 aromatic rings. The van der Waals surface area contributed by atoms with E-state index in [1.807, 2.05) is 24.3 Å². The molecule has 1 saturated carbocycles. The largest absolute Gasteiger partial charge is 0.506 e. The first kappa shape index (κ1) is 25.2. The predicted octanol–water partition coefficient (Wildman–Crippen LogP) is 6.00. The lowest BCUT2D eigenvalue weighted by atomic mass is 9.95. The van der Waals surface area contributed by atoms with Crippen LogP contribution in [0.1, 0.15) is 43.7 Å². The Labute approximate surface area is 223 Å². The van der Waals surface area contributed by atoms with Crippen molar-refractivity contribution in [2.24, 2.45) is 5.10 Å². The molecule has 0 aliphatic heterocycles. The Morgan fingerprint density at radius 3 is 2.74 bits per heavy atom. The number of thioether (sulfide) groups is 1. The van der Waals surface area contributed by atoms with Crippen LogP contribution in [0.3, 0.4) is 0 Å². The molecule has 1 aliphatic rings. The number of benzene rings is 2. The van der Waals surface area contributed by atoms with Crippen molar-refractivity contribution in [1.29, 1.82) is 0 Å². The molecule has 0 spiro atoms. The second-order valence-corrected chi connectivity index (χ2v) is 11.1. The Hall–Kier alpha value is -1.88. The number of carbonyl (C=O) groups is 1. The van der Waals surface area contributed by atoms with Gasteiger partial charge in [0, 0.05) is 15.1 Å². The Morgan fingerprint density at radius 1 is 1.26 bits per heavy atom. The summed E-state index contributed by atoms with van der Waals surface area (Å²) in [6.07, 6.45) is 7.18. The van der Waals surface area contributed by atoms with Crippen LogP contribution in [0.15, 0.2) is 55.6 Å². The van der Waals surface area contributed by atoms with Gasteiger partial charge in [0.05, 0.1) is 33.1 Å². The van der Waals surface area contributed by atoms with Gasteiger partial charge in [0.15, 0.2) is 0 Å². The van der Waals surface area contributed by atoms with Crippen molar-refractivity contribution >= 4 is 67.3 Å². The molecule has 3 N–H and O–H groups in total. The Kier molecular flexibility index (Phi) is 8.68. The minimum absolute atomic E-state index is 0.0512. The Morgan fingerprint density at radius 2 is 2.00 bits per heavy atom. The Bertz CT molecular complexity index is 1200. The van der Waals surface area contributed by atoms with E-state index in [1.165, 1.54) is 37.2 Å². The highest BCUT2D eigenvalue weighted by Gasteiger charge is 2.30. The van der Waals surface area contributed by atoms with Crippen molar-refractivity contribution < 1.29 is 14.5 Å². The lowest BCUT2D eigenvalue weighted by molar-refractivity contribution is -0.749. The number of hydrogen-bond donors (Lipinski definition) is 3. The number of rotatable bonds is 7. The number of aromatic amines is 1. The number of phenols is 1. The van der Waals surface area contributed by atoms with E-state index in [0.29, 0.717) is 21.1 Å². The SMILES string of the molecule is O=C(CSc1n[nH]c(-c2ccc(Cl)cc2)[n+]1C1CCCCC1)N/N=C/c1cc(Br)cc(Br)c1O. The van der Waals surface area contributed by atoms with Gasteiger partial charge in [0.1, 0.15) is 5.75 Å². The van der Waals surface area contributed by atoms with E-state index >= 15 is 0 Å². The molecule has 34 heavy (non-hydrogen) atoms. The highest BCUT2D eigenvalue weighted by Crippen LogP contribution is 2.31. The highest BCUT2D eigenvalue weighted by atomic mass is 79.9. The summed E-state index contributed by atoms with van der Waals surface area (Å²) in [7, 11) is 0. The van der Waals surface area contributed by atoms with E-state index < -0.39 is 0 Å². The van der Waals surface area contributed by atoms with Crippen molar-refractivity contribution in [3.8, 4) is 17.1 Å². The minimum atomic E-state index is -0.263. The van der Waals surface area contributed by atoms with Crippen LogP contribution >= 0.6 is 55.2 Å². The van der Waals surface area contributed by atoms with Crippen LogP contribution in [0.25, 0.3) is 11.4 Å². The quantitative estimate of drug-likeness (QED) is 0.130. The molecule has 7 nitrogen and oxygen atoms in total. The third kappa shape index (κ3) is 6.21. The summed E-state index contributed by atoms with van der Waals surface area (Å²) < 4.78 is 3.54. The summed E-state index contributed by atoms with van der Waals surface area (Å²) in [5, 5.41) is 23.2. The van der Waals surface area contributed by atoms with Crippen LogP contribution in [-0.2, 0) is 4.79 Å². The average Bonchev–Trinajstić information content (AvgIpc) is 3.25. The van der Waals surface area contributed by atoms with Crippen LogP contribution in [0.5, 0.6) is 5.75 Å². The molecule has 1 amide bonds. The maximum absolute atomic E-state index is 12.4. The standard InChI is InChI=1S/C23H22Br2ClN5O2S/c24-16-10-15(21(33)19(25)11-16)12-27-28-20(32)13-34-23-30-29-22(14-6-8-17(26)9-7-14)31(23)18-4-2-1-3-5-18/h6-12,18H,1-5,13H2,(H2,27,28,32,33)/p+1. The number of aromatic hydroxyl groups is 1. The summed E-state index contributed by atoms with van der Waals surface area (Å²) in [6.45, 7) is 0. The van der Waals surface area contributed by atoms with Gasteiger partial charge >= 0.3 is 5.16 Å². The zero-order valence-corrected chi connectivity index (χ0v) is 22.8. The van der Waals surface area contributed by atoms with Gasteiger partial charge in [-0.05, 0) is 89.8 Å². The molecule has 0 atom stereocenters.